The van der Waals surface area contributed by atoms with Crippen LogP contribution in [-0.4, -0.2) is 12.0 Å². The Bertz CT molecular complexity index is 616. The fraction of sp³-hybridized carbons (Fsp3) is 0.143. The first-order valence-corrected chi connectivity index (χ1v) is 6.78. The molecule has 0 aromatic heterocycles. The zero-order chi connectivity index (χ0) is 14.5. The minimum absolute atomic E-state index is 0.497. The van der Waals surface area contributed by atoms with Crippen molar-refractivity contribution in [1.29, 1.82) is 0 Å². The molecule has 104 valence electrons. The molecule has 0 amide bonds. The predicted molar refractivity (Wildman–Crippen MR) is 75.6 cm³/mol. The van der Waals surface area contributed by atoms with Crippen LogP contribution in [0.5, 0.6) is 5.75 Å². The van der Waals surface area contributed by atoms with Crippen molar-refractivity contribution < 1.29 is 14.1 Å². The lowest BCUT2D eigenvalue weighted by atomic mass is 10.2. The van der Waals surface area contributed by atoms with Gasteiger partial charge in [-0.3, -0.25) is 10.1 Å². The molecule has 0 aliphatic rings. The molecule has 2 aromatic carbocycles. The van der Waals surface area contributed by atoms with Crippen molar-refractivity contribution in [3.05, 3.63) is 64.0 Å². The van der Waals surface area contributed by atoms with E-state index in [1.165, 1.54) is 23.9 Å². The van der Waals surface area contributed by atoms with Gasteiger partial charge in [0.1, 0.15) is 5.75 Å². The maximum atomic E-state index is 13.5. The molecule has 6 heteroatoms. The highest BCUT2D eigenvalue weighted by atomic mass is 32.2. The molecule has 0 heterocycles. The van der Waals surface area contributed by atoms with Gasteiger partial charge in [-0.15, -0.1) is 11.8 Å². The average molecular weight is 293 g/mol. The first kappa shape index (κ1) is 14.3. The van der Waals surface area contributed by atoms with Gasteiger partial charge in [0.05, 0.1) is 12.0 Å². The van der Waals surface area contributed by atoms with Crippen molar-refractivity contribution in [2.75, 3.05) is 7.11 Å². The highest BCUT2D eigenvalue weighted by Gasteiger charge is 2.13. The summed E-state index contributed by atoms with van der Waals surface area (Å²) in [6, 6.07) is 11.5. The standard InChI is InChI=1S/C14H12FNO3S/c1-19-11-3-5-12(6-4-11)20-9-10-2-7-14(16(17)18)13(15)8-10/h2-8H,9H2,1H3. The highest BCUT2D eigenvalue weighted by Crippen LogP contribution is 2.26. The van der Waals surface area contributed by atoms with Gasteiger partial charge in [0.2, 0.25) is 5.82 Å². The maximum absolute atomic E-state index is 13.5. The molecule has 0 aliphatic heterocycles. The number of hydrogen-bond acceptors (Lipinski definition) is 4. The first-order valence-electron chi connectivity index (χ1n) is 5.80. The molecule has 0 radical (unpaired) electrons. The number of benzene rings is 2. The van der Waals surface area contributed by atoms with Crippen LogP contribution in [0, 0.1) is 15.9 Å². The van der Waals surface area contributed by atoms with E-state index in [2.05, 4.69) is 0 Å². The van der Waals surface area contributed by atoms with Gasteiger partial charge in [-0.2, -0.15) is 4.39 Å². The van der Waals surface area contributed by atoms with E-state index >= 15 is 0 Å². The van der Waals surface area contributed by atoms with Crippen molar-refractivity contribution in [1.82, 2.24) is 0 Å². The Morgan fingerprint density at radius 2 is 1.95 bits per heavy atom. The number of halogens is 1. The van der Waals surface area contributed by atoms with E-state index in [9.17, 15) is 14.5 Å². The van der Waals surface area contributed by atoms with Crippen LogP contribution in [0.25, 0.3) is 0 Å². The lowest BCUT2D eigenvalue weighted by molar-refractivity contribution is -0.387. The lowest BCUT2D eigenvalue weighted by Gasteiger charge is -2.04. The van der Waals surface area contributed by atoms with E-state index < -0.39 is 16.4 Å². The summed E-state index contributed by atoms with van der Waals surface area (Å²) in [5.41, 5.74) is 0.206. The second kappa shape index (κ2) is 6.38. The second-order valence-electron chi connectivity index (χ2n) is 4.01. The summed E-state index contributed by atoms with van der Waals surface area (Å²) >= 11 is 1.52. The van der Waals surface area contributed by atoms with E-state index in [0.717, 1.165) is 10.6 Å². The van der Waals surface area contributed by atoms with Gasteiger partial charge in [-0.05, 0) is 35.9 Å². The molecular formula is C14H12FNO3S. The minimum atomic E-state index is -0.803. The van der Waals surface area contributed by atoms with Crippen LogP contribution in [-0.2, 0) is 5.75 Å². The number of rotatable bonds is 5. The monoisotopic (exact) mass is 293 g/mol. The molecule has 0 saturated heterocycles. The quantitative estimate of drug-likeness (QED) is 0.474. The molecule has 0 N–H and O–H groups in total. The fourth-order valence-corrected chi connectivity index (χ4v) is 2.47. The van der Waals surface area contributed by atoms with Gasteiger partial charge in [0, 0.05) is 16.7 Å². The van der Waals surface area contributed by atoms with E-state index in [-0.39, 0.29) is 0 Å². The Morgan fingerprint density at radius 3 is 2.50 bits per heavy atom. The SMILES string of the molecule is COc1ccc(SCc2ccc([N+](=O)[O-])c(F)c2)cc1. The van der Waals surface area contributed by atoms with Gasteiger partial charge in [-0.1, -0.05) is 6.07 Å². The van der Waals surface area contributed by atoms with Crippen molar-refractivity contribution in [2.24, 2.45) is 0 Å². The normalized spacial score (nSPS) is 10.3. The molecule has 20 heavy (non-hydrogen) atoms. The number of hydrogen-bond donors (Lipinski definition) is 0. The molecular weight excluding hydrogens is 281 g/mol. The van der Waals surface area contributed by atoms with Crippen molar-refractivity contribution in [3.8, 4) is 5.75 Å². The number of ether oxygens (including phenoxy) is 1. The summed E-state index contributed by atoms with van der Waals surface area (Å²) in [5, 5.41) is 10.5. The van der Waals surface area contributed by atoms with E-state index in [0.29, 0.717) is 11.3 Å². The average Bonchev–Trinajstić information content (AvgIpc) is 2.45. The molecule has 0 aliphatic carbocycles. The predicted octanol–water partition coefficient (Wildman–Crippen LogP) is 4.03. The van der Waals surface area contributed by atoms with Crippen molar-refractivity contribution >= 4 is 17.4 Å². The van der Waals surface area contributed by atoms with Crippen molar-refractivity contribution in [2.45, 2.75) is 10.6 Å². The second-order valence-corrected chi connectivity index (χ2v) is 5.06. The highest BCUT2D eigenvalue weighted by molar-refractivity contribution is 7.98. The Balaban J connectivity index is 2.03. The number of nitrogens with zero attached hydrogens (tertiary/aromatic N) is 1. The van der Waals surface area contributed by atoms with Crippen molar-refractivity contribution in [3.63, 3.8) is 0 Å². The Labute approximate surface area is 119 Å². The van der Waals surface area contributed by atoms with Crippen LogP contribution in [0.15, 0.2) is 47.4 Å². The van der Waals surface area contributed by atoms with Gasteiger partial charge in [-0.25, -0.2) is 0 Å². The van der Waals surface area contributed by atoms with E-state index in [4.69, 9.17) is 4.74 Å². The Kier molecular flexibility index (Phi) is 4.57. The number of thioether (sulfide) groups is 1. The summed E-state index contributed by atoms with van der Waals surface area (Å²) < 4.78 is 18.5. The van der Waals surface area contributed by atoms with Gasteiger partial charge >= 0.3 is 5.69 Å². The van der Waals surface area contributed by atoms with Gasteiger partial charge in [0.15, 0.2) is 0 Å². The van der Waals surface area contributed by atoms with E-state index in [1.807, 2.05) is 24.3 Å². The Hall–Kier alpha value is -2.08. The molecule has 4 nitrogen and oxygen atoms in total. The molecule has 0 spiro atoms. The van der Waals surface area contributed by atoms with Gasteiger partial charge in [0.25, 0.3) is 0 Å². The number of methoxy groups -OCH3 is 1. The van der Waals surface area contributed by atoms with E-state index in [1.54, 1.807) is 13.2 Å². The molecule has 0 saturated carbocycles. The first-order chi connectivity index (χ1) is 9.60. The minimum Gasteiger partial charge on any atom is -0.497 e. The third-order valence-electron chi connectivity index (χ3n) is 2.67. The van der Waals surface area contributed by atoms with Crippen LogP contribution in [0.1, 0.15) is 5.56 Å². The zero-order valence-corrected chi connectivity index (χ0v) is 11.5. The van der Waals surface area contributed by atoms with Crippen LogP contribution < -0.4 is 4.74 Å². The molecule has 0 fully saturated rings. The Morgan fingerprint density at radius 1 is 1.25 bits per heavy atom. The molecule has 0 atom stereocenters. The maximum Gasteiger partial charge on any atom is 0.304 e. The van der Waals surface area contributed by atoms with Crippen LogP contribution in [0.3, 0.4) is 0 Å². The third kappa shape index (κ3) is 3.48. The van der Waals surface area contributed by atoms with Crippen LogP contribution >= 0.6 is 11.8 Å². The topological polar surface area (TPSA) is 52.4 Å². The molecule has 0 bridgehead atoms. The van der Waals surface area contributed by atoms with Crippen LogP contribution in [0.2, 0.25) is 0 Å². The largest absolute Gasteiger partial charge is 0.497 e. The summed E-state index contributed by atoms with van der Waals surface area (Å²) in [5.74, 6) is 0.514. The lowest BCUT2D eigenvalue weighted by Crippen LogP contribution is -1.93. The number of nitro benzene ring substituents is 1. The summed E-state index contributed by atoms with van der Waals surface area (Å²) in [6.07, 6.45) is 0. The fourth-order valence-electron chi connectivity index (χ4n) is 1.63. The number of nitro groups is 1. The molecule has 2 rings (SSSR count). The third-order valence-corrected chi connectivity index (χ3v) is 3.76. The van der Waals surface area contributed by atoms with Crippen LogP contribution in [0.4, 0.5) is 10.1 Å². The molecule has 0 unspecified atom stereocenters. The van der Waals surface area contributed by atoms with Gasteiger partial charge < -0.3 is 4.74 Å². The molecule has 2 aromatic rings. The zero-order valence-electron chi connectivity index (χ0n) is 10.7. The summed E-state index contributed by atoms with van der Waals surface area (Å²) in [4.78, 5) is 10.8. The summed E-state index contributed by atoms with van der Waals surface area (Å²) in [7, 11) is 1.60. The summed E-state index contributed by atoms with van der Waals surface area (Å²) in [6.45, 7) is 0. The smallest absolute Gasteiger partial charge is 0.304 e.